The molecule has 8 heteroatoms. The van der Waals surface area contributed by atoms with E-state index in [0.717, 1.165) is 36.2 Å². The number of aromatic nitrogens is 2. The second-order valence-electron chi connectivity index (χ2n) is 9.19. The molecule has 1 fully saturated rings. The Balaban J connectivity index is 1.45. The third-order valence-corrected chi connectivity index (χ3v) is 5.59. The second-order valence-corrected chi connectivity index (χ2v) is 9.19. The third-order valence-electron chi connectivity index (χ3n) is 5.59. The number of benzene rings is 2. The van der Waals surface area contributed by atoms with Crippen molar-refractivity contribution in [3.63, 3.8) is 0 Å². The second kappa shape index (κ2) is 9.13. The predicted octanol–water partition coefficient (Wildman–Crippen LogP) is 5.77. The van der Waals surface area contributed by atoms with Crippen molar-refractivity contribution in [2.75, 3.05) is 17.2 Å². The van der Waals surface area contributed by atoms with E-state index < -0.39 is 11.7 Å². The standard InChI is InChI=1S/C25H31N5O3/c1-5-29-20-10-7-6-9-19(20)28-22(29)21-11-8-16-30(21)23(31)26-17-12-14-18(15-13-17)27-24(32)33-25(2,3)4/h6-7,9-10,12-15,21H,5,8,11,16H2,1-4H3,(H,26,31)(H,27,32). The number of carbonyl (C=O) groups is 2. The van der Waals surface area contributed by atoms with Gasteiger partial charge in [-0.3, -0.25) is 5.32 Å². The maximum absolute atomic E-state index is 13.1. The van der Waals surface area contributed by atoms with Crippen LogP contribution in [0, 0.1) is 0 Å². The van der Waals surface area contributed by atoms with Gasteiger partial charge in [-0.25, -0.2) is 14.6 Å². The van der Waals surface area contributed by atoms with Crippen molar-refractivity contribution in [1.29, 1.82) is 0 Å². The highest BCUT2D eigenvalue weighted by Gasteiger charge is 2.33. The van der Waals surface area contributed by atoms with Gasteiger partial charge in [-0.05, 0) is 76.9 Å². The van der Waals surface area contributed by atoms with Gasteiger partial charge in [0.2, 0.25) is 0 Å². The minimum atomic E-state index is -0.567. The molecule has 2 heterocycles. The van der Waals surface area contributed by atoms with E-state index in [0.29, 0.717) is 17.9 Å². The number of anilines is 2. The SMILES string of the molecule is CCn1c(C2CCCN2C(=O)Nc2ccc(NC(=O)OC(C)(C)C)cc2)nc2ccccc21. The number of nitrogens with zero attached hydrogens (tertiary/aromatic N) is 3. The summed E-state index contributed by atoms with van der Waals surface area (Å²) < 4.78 is 7.46. The lowest BCUT2D eigenvalue weighted by Crippen LogP contribution is -2.35. The molecular weight excluding hydrogens is 418 g/mol. The van der Waals surface area contributed by atoms with Crippen molar-refractivity contribution in [2.24, 2.45) is 0 Å². The lowest BCUT2D eigenvalue weighted by Gasteiger charge is -2.25. The smallest absolute Gasteiger partial charge is 0.412 e. The van der Waals surface area contributed by atoms with Crippen LogP contribution in [-0.2, 0) is 11.3 Å². The van der Waals surface area contributed by atoms with Crippen LogP contribution in [0.2, 0.25) is 0 Å². The van der Waals surface area contributed by atoms with Crippen molar-refractivity contribution in [3.05, 3.63) is 54.4 Å². The molecule has 2 aromatic carbocycles. The Morgan fingerprint density at radius 1 is 1.06 bits per heavy atom. The summed E-state index contributed by atoms with van der Waals surface area (Å²) in [4.78, 5) is 31.8. The van der Waals surface area contributed by atoms with E-state index in [1.165, 1.54) is 0 Å². The summed E-state index contributed by atoms with van der Waals surface area (Å²) >= 11 is 0. The van der Waals surface area contributed by atoms with Crippen molar-refractivity contribution < 1.29 is 14.3 Å². The molecule has 1 aliphatic rings. The zero-order valence-corrected chi connectivity index (χ0v) is 19.6. The van der Waals surface area contributed by atoms with Gasteiger partial charge in [0.25, 0.3) is 0 Å². The minimum absolute atomic E-state index is 0.0644. The number of carbonyl (C=O) groups excluding carboxylic acids is 2. The Hall–Kier alpha value is -3.55. The highest BCUT2D eigenvalue weighted by molar-refractivity contribution is 5.91. The molecule has 1 saturated heterocycles. The van der Waals surface area contributed by atoms with E-state index in [4.69, 9.17) is 9.72 Å². The van der Waals surface area contributed by atoms with Gasteiger partial charge in [0.05, 0.1) is 17.1 Å². The van der Waals surface area contributed by atoms with Crippen LogP contribution in [0.1, 0.15) is 52.4 Å². The van der Waals surface area contributed by atoms with Crippen LogP contribution >= 0.6 is 0 Å². The third kappa shape index (κ3) is 5.10. The van der Waals surface area contributed by atoms with Gasteiger partial charge in [0, 0.05) is 24.5 Å². The van der Waals surface area contributed by atoms with Gasteiger partial charge in [0.1, 0.15) is 11.4 Å². The van der Waals surface area contributed by atoms with E-state index >= 15 is 0 Å². The number of ether oxygens (including phenoxy) is 1. The van der Waals surface area contributed by atoms with Gasteiger partial charge >= 0.3 is 12.1 Å². The van der Waals surface area contributed by atoms with Crippen molar-refractivity contribution in [3.8, 4) is 0 Å². The van der Waals surface area contributed by atoms with Gasteiger partial charge in [0.15, 0.2) is 0 Å². The molecule has 1 atom stereocenters. The number of aryl methyl sites for hydroxylation is 1. The molecule has 0 spiro atoms. The average molecular weight is 450 g/mol. The number of para-hydroxylation sites is 2. The molecule has 1 unspecified atom stereocenters. The normalized spacial score (nSPS) is 16.1. The van der Waals surface area contributed by atoms with Crippen molar-refractivity contribution in [2.45, 2.75) is 58.7 Å². The van der Waals surface area contributed by atoms with E-state index in [1.54, 1.807) is 24.3 Å². The number of imidazole rings is 1. The molecule has 0 bridgehead atoms. The molecule has 4 rings (SSSR count). The quantitative estimate of drug-likeness (QED) is 0.529. The fourth-order valence-electron chi connectivity index (χ4n) is 4.21. The first-order valence-corrected chi connectivity index (χ1v) is 11.4. The van der Waals surface area contributed by atoms with Crippen LogP contribution in [0.4, 0.5) is 21.0 Å². The molecule has 2 N–H and O–H groups in total. The zero-order valence-electron chi connectivity index (χ0n) is 19.6. The van der Waals surface area contributed by atoms with Crippen molar-refractivity contribution in [1.82, 2.24) is 14.5 Å². The highest BCUT2D eigenvalue weighted by atomic mass is 16.6. The molecule has 1 aromatic heterocycles. The Bertz CT molecular complexity index is 1150. The highest BCUT2D eigenvalue weighted by Crippen LogP contribution is 2.34. The van der Waals surface area contributed by atoms with Crippen LogP contribution in [0.3, 0.4) is 0 Å². The number of rotatable bonds is 4. The molecule has 3 aromatic rings. The molecular formula is C25H31N5O3. The largest absolute Gasteiger partial charge is 0.444 e. The number of fused-ring (bicyclic) bond motifs is 1. The Kier molecular flexibility index (Phi) is 6.26. The van der Waals surface area contributed by atoms with Gasteiger partial charge in [-0.2, -0.15) is 0 Å². The summed E-state index contributed by atoms with van der Waals surface area (Å²) in [6, 6.07) is 14.9. The van der Waals surface area contributed by atoms with Crippen molar-refractivity contribution >= 4 is 34.5 Å². The first-order valence-electron chi connectivity index (χ1n) is 11.4. The van der Waals surface area contributed by atoms with Crippen LogP contribution in [0.5, 0.6) is 0 Å². The van der Waals surface area contributed by atoms with E-state index in [1.807, 2.05) is 43.9 Å². The number of urea groups is 1. The minimum Gasteiger partial charge on any atom is -0.444 e. The first kappa shape index (κ1) is 22.6. The van der Waals surface area contributed by atoms with Crippen LogP contribution < -0.4 is 10.6 Å². The van der Waals surface area contributed by atoms with E-state index in [9.17, 15) is 9.59 Å². The molecule has 174 valence electrons. The fourth-order valence-corrected chi connectivity index (χ4v) is 4.21. The predicted molar refractivity (Wildman–Crippen MR) is 129 cm³/mol. The maximum atomic E-state index is 13.1. The Labute approximate surface area is 193 Å². The Morgan fingerprint density at radius 3 is 2.39 bits per heavy atom. The van der Waals surface area contributed by atoms with Crippen LogP contribution in [0.25, 0.3) is 11.0 Å². The molecule has 3 amide bonds. The lowest BCUT2D eigenvalue weighted by molar-refractivity contribution is 0.0636. The summed E-state index contributed by atoms with van der Waals surface area (Å²) in [5.41, 5.74) is 2.73. The summed E-state index contributed by atoms with van der Waals surface area (Å²) in [6.07, 6.45) is 1.30. The van der Waals surface area contributed by atoms with Gasteiger partial charge < -0.3 is 19.5 Å². The number of nitrogens with one attached hydrogen (secondary N) is 2. The summed E-state index contributed by atoms with van der Waals surface area (Å²) in [5, 5.41) is 5.67. The summed E-state index contributed by atoms with van der Waals surface area (Å²) in [7, 11) is 0. The van der Waals surface area contributed by atoms with E-state index in [2.05, 4.69) is 28.2 Å². The zero-order chi connectivity index (χ0) is 23.6. The number of hydrogen-bond donors (Lipinski definition) is 2. The molecule has 8 nitrogen and oxygen atoms in total. The average Bonchev–Trinajstić information content (AvgIpc) is 3.38. The topological polar surface area (TPSA) is 88.5 Å². The van der Waals surface area contributed by atoms with Gasteiger partial charge in [-0.15, -0.1) is 0 Å². The van der Waals surface area contributed by atoms with Crippen LogP contribution in [0.15, 0.2) is 48.5 Å². The molecule has 33 heavy (non-hydrogen) atoms. The van der Waals surface area contributed by atoms with Gasteiger partial charge in [-0.1, -0.05) is 12.1 Å². The Morgan fingerprint density at radius 2 is 1.73 bits per heavy atom. The summed E-state index contributed by atoms with van der Waals surface area (Å²) in [5.74, 6) is 0.934. The fraction of sp³-hybridized carbons (Fsp3) is 0.400. The van der Waals surface area contributed by atoms with Crippen LogP contribution in [-0.4, -0.2) is 38.7 Å². The monoisotopic (exact) mass is 449 g/mol. The molecule has 1 aliphatic heterocycles. The number of likely N-dealkylation sites (tertiary alicyclic amines) is 1. The lowest BCUT2D eigenvalue weighted by atomic mass is 10.2. The molecule has 0 radical (unpaired) electrons. The van der Waals surface area contributed by atoms with E-state index in [-0.39, 0.29) is 12.1 Å². The maximum Gasteiger partial charge on any atom is 0.412 e. The molecule has 0 saturated carbocycles. The molecule has 0 aliphatic carbocycles. The summed E-state index contributed by atoms with van der Waals surface area (Å²) in [6.45, 7) is 9.02. The number of hydrogen-bond acceptors (Lipinski definition) is 4. The first-order chi connectivity index (χ1) is 15.7. The number of amides is 3.